The first-order chi connectivity index (χ1) is 9.04. The number of pyridine rings is 1. The molecule has 0 spiro atoms. The van der Waals surface area contributed by atoms with E-state index < -0.39 is 5.82 Å². The second-order valence-electron chi connectivity index (χ2n) is 5.25. The van der Waals surface area contributed by atoms with Crippen LogP contribution in [0.5, 0.6) is 0 Å². The molecule has 1 aliphatic heterocycles. The first kappa shape index (κ1) is 13.8. The molecule has 5 heteroatoms. The Morgan fingerprint density at radius 3 is 2.95 bits per heavy atom. The quantitative estimate of drug-likeness (QED) is 0.913. The highest BCUT2D eigenvalue weighted by Crippen LogP contribution is 2.27. The van der Waals surface area contributed by atoms with E-state index in [4.69, 9.17) is 0 Å². The lowest BCUT2D eigenvalue weighted by Crippen LogP contribution is -2.38. The first-order valence-corrected chi connectivity index (χ1v) is 6.69. The third kappa shape index (κ3) is 2.69. The largest absolute Gasteiger partial charge is 0.372 e. The molecule has 0 aliphatic carbocycles. The molecule has 0 radical (unpaired) electrons. The maximum Gasteiger partial charge on any atom is 0.257 e. The molecule has 1 unspecified atom stereocenters. The Morgan fingerprint density at radius 2 is 2.32 bits per heavy atom. The molecule has 0 saturated carbocycles. The molecule has 1 aromatic heterocycles. The van der Waals surface area contributed by atoms with E-state index >= 15 is 0 Å². The van der Waals surface area contributed by atoms with E-state index in [0.717, 1.165) is 25.6 Å². The maximum atomic E-state index is 13.3. The lowest BCUT2D eigenvalue weighted by molar-refractivity contribution is 0.0701. The van der Waals surface area contributed by atoms with E-state index in [2.05, 4.69) is 24.1 Å². The smallest absolute Gasteiger partial charge is 0.257 e. The van der Waals surface area contributed by atoms with Crippen LogP contribution in [0, 0.1) is 11.7 Å². The summed E-state index contributed by atoms with van der Waals surface area (Å²) in [5, 5.41) is 2.85. The van der Waals surface area contributed by atoms with Gasteiger partial charge in [0, 0.05) is 19.6 Å². The summed E-state index contributed by atoms with van der Waals surface area (Å²) in [6, 6.07) is 1.50. The summed E-state index contributed by atoms with van der Waals surface area (Å²) in [5.41, 5.74) is 0.315. The fourth-order valence-electron chi connectivity index (χ4n) is 2.69. The van der Waals surface area contributed by atoms with Gasteiger partial charge >= 0.3 is 0 Å². The van der Waals surface area contributed by atoms with Gasteiger partial charge in [-0.05, 0) is 24.8 Å². The Balaban J connectivity index is 2.31. The normalized spacial score (nSPS) is 19.0. The van der Waals surface area contributed by atoms with E-state index in [-0.39, 0.29) is 11.9 Å². The van der Waals surface area contributed by atoms with Crippen molar-refractivity contribution in [3.05, 3.63) is 23.6 Å². The Bertz CT molecular complexity index is 476. The summed E-state index contributed by atoms with van der Waals surface area (Å²) in [4.78, 5) is 18.3. The number of rotatable bonds is 3. The van der Waals surface area contributed by atoms with Crippen LogP contribution in [0.25, 0.3) is 0 Å². The molecular weight excluding hydrogens is 245 g/mol. The second-order valence-corrected chi connectivity index (χ2v) is 5.25. The van der Waals surface area contributed by atoms with Crippen LogP contribution in [0.4, 0.5) is 10.2 Å². The molecule has 104 valence electrons. The zero-order valence-electron chi connectivity index (χ0n) is 11.6. The van der Waals surface area contributed by atoms with E-state index in [0.29, 0.717) is 17.3 Å². The molecule has 1 fully saturated rings. The summed E-state index contributed by atoms with van der Waals surface area (Å²) < 4.78 is 13.3. The van der Waals surface area contributed by atoms with Gasteiger partial charge in [0.15, 0.2) is 0 Å². The van der Waals surface area contributed by atoms with Crippen molar-refractivity contribution < 1.29 is 9.18 Å². The van der Waals surface area contributed by atoms with Gasteiger partial charge in [-0.3, -0.25) is 4.79 Å². The van der Waals surface area contributed by atoms with Crippen molar-refractivity contribution in [1.82, 2.24) is 9.88 Å². The number of carbonyl (C=O) groups is 1. The van der Waals surface area contributed by atoms with Crippen LogP contribution in [-0.4, -0.2) is 35.4 Å². The minimum atomic E-state index is -0.484. The highest BCUT2D eigenvalue weighted by atomic mass is 19.1. The van der Waals surface area contributed by atoms with Crippen LogP contribution in [-0.2, 0) is 0 Å². The summed E-state index contributed by atoms with van der Waals surface area (Å²) >= 11 is 0. The Labute approximate surface area is 113 Å². The van der Waals surface area contributed by atoms with E-state index in [1.165, 1.54) is 6.07 Å². The van der Waals surface area contributed by atoms with E-state index in [1.807, 2.05) is 4.90 Å². The minimum absolute atomic E-state index is 0.132. The number of carbonyl (C=O) groups excluding carboxylic acids is 1. The van der Waals surface area contributed by atoms with Gasteiger partial charge in [0.1, 0.15) is 11.6 Å². The molecule has 1 N–H and O–H groups in total. The van der Waals surface area contributed by atoms with Crippen molar-refractivity contribution in [2.45, 2.75) is 32.7 Å². The van der Waals surface area contributed by atoms with Crippen LogP contribution in [0.2, 0.25) is 0 Å². The lowest BCUT2D eigenvalue weighted by atomic mass is 10.0. The fourth-order valence-corrected chi connectivity index (χ4v) is 2.69. The zero-order chi connectivity index (χ0) is 14.0. The van der Waals surface area contributed by atoms with Gasteiger partial charge in [-0.2, -0.15) is 0 Å². The maximum absolute atomic E-state index is 13.3. The van der Waals surface area contributed by atoms with Gasteiger partial charge in [0.2, 0.25) is 0 Å². The van der Waals surface area contributed by atoms with Gasteiger partial charge < -0.3 is 10.2 Å². The average molecular weight is 265 g/mol. The van der Waals surface area contributed by atoms with E-state index in [1.54, 1.807) is 7.05 Å². The number of hydrogen-bond acceptors (Lipinski definition) is 3. The van der Waals surface area contributed by atoms with Crippen LogP contribution >= 0.6 is 0 Å². The molecule has 1 saturated heterocycles. The fraction of sp³-hybridized carbons (Fsp3) is 0.571. The lowest BCUT2D eigenvalue weighted by Gasteiger charge is -2.28. The number of anilines is 1. The summed E-state index contributed by atoms with van der Waals surface area (Å²) in [6.07, 6.45) is 3.14. The second kappa shape index (κ2) is 5.55. The summed E-state index contributed by atoms with van der Waals surface area (Å²) in [7, 11) is 1.68. The number of amides is 1. The molecule has 1 aromatic rings. The van der Waals surface area contributed by atoms with Crippen molar-refractivity contribution in [3.8, 4) is 0 Å². The third-order valence-corrected chi connectivity index (χ3v) is 3.65. The number of aromatic nitrogens is 1. The highest BCUT2D eigenvalue weighted by Gasteiger charge is 2.32. The van der Waals surface area contributed by atoms with E-state index in [9.17, 15) is 9.18 Å². The highest BCUT2D eigenvalue weighted by molar-refractivity contribution is 5.99. The van der Waals surface area contributed by atoms with Crippen molar-refractivity contribution >= 4 is 11.7 Å². The van der Waals surface area contributed by atoms with Crippen molar-refractivity contribution in [2.75, 3.05) is 18.9 Å². The Hall–Kier alpha value is -1.65. The summed E-state index contributed by atoms with van der Waals surface area (Å²) in [6.45, 7) is 4.96. The topological polar surface area (TPSA) is 45.2 Å². The van der Waals surface area contributed by atoms with Crippen molar-refractivity contribution in [2.24, 2.45) is 5.92 Å². The predicted molar refractivity (Wildman–Crippen MR) is 72.6 cm³/mol. The van der Waals surface area contributed by atoms with Gasteiger partial charge in [-0.15, -0.1) is 0 Å². The molecule has 2 rings (SSSR count). The number of hydrogen-bond donors (Lipinski definition) is 1. The van der Waals surface area contributed by atoms with Gasteiger partial charge in [-0.1, -0.05) is 13.8 Å². The zero-order valence-corrected chi connectivity index (χ0v) is 11.6. The standard InChI is InChI=1S/C14H20FN3O/c1-9(2)12-5-4-6-18(12)14(19)11-7-10(15)8-17-13(11)16-3/h7-9,12H,4-6H2,1-3H3,(H,16,17). The molecule has 1 atom stereocenters. The van der Waals surface area contributed by atoms with Gasteiger partial charge in [0.25, 0.3) is 5.91 Å². The third-order valence-electron chi connectivity index (χ3n) is 3.65. The molecule has 0 bridgehead atoms. The number of halogens is 1. The predicted octanol–water partition coefficient (Wildman–Crippen LogP) is 2.52. The first-order valence-electron chi connectivity index (χ1n) is 6.69. The van der Waals surface area contributed by atoms with Crippen LogP contribution in [0.15, 0.2) is 12.3 Å². The Kier molecular flexibility index (Phi) is 4.02. The number of nitrogens with one attached hydrogen (secondary N) is 1. The number of likely N-dealkylation sites (tertiary alicyclic amines) is 1. The molecular formula is C14H20FN3O. The monoisotopic (exact) mass is 265 g/mol. The van der Waals surface area contributed by atoms with Crippen LogP contribution in [0.1, 0.15) is 37.0 Å². The molecule has 4 nitrogen and oxygen atoms in total. The van der Waals surface area contributed by atoms with Crippen molar-refractivity contribution in [3.63, 3.8) is 0 Å². The molecule has 1 aliphatic rings. The number of nitrogens with zero attached hydrogens (tertiary/aromatic N) is 2. The molecule has 19 heavy (non-hydrogen) atoms. The average Bonchev–Trinajstić information content (AvgIpc) is 2.87. The molecule has 2 heterocycles. The molecule has 0 aromatic carbocycles. The van der Waals surface area contributed by atoms with Gasteiger partial charge in [0.05, 0.1) is 11.8 Å². The summed E-state index contributed by atoms with van der Waals surface area (Å²) in [5.74, 6) is 0.224. The van der Waals surface area contributed by atoms with Gasteiger partial charge in [-0.25, -0.2) is 9.37 Å². The minimum Gasteiger partial charge on any atom is -0.372 e. The Morgan fingerprint density at radius 1 is 1.58 bits per heavy atom. The SMILES string of the molecule is CNc1ncc(F)cc1C(=O)N1CCCC1C(C)C. The van der Waals surface area contributed by atoms with Crippen molar-refractivity contribution in [1.29, 1.82) is 0 Å². The molecule has 1 amide bonds. The van der Waals surface area contributed by atoms with Crippen LogP contribution < -0.4 is 5.32 Å². The van der Waals surface area contributed by atoms with Crippen LogP contribution in [0.3, 0.4) is 0 Å².